The van der Waals surface area contributed by atoms with E-state index in [1.54, 1.807) is 27.7 Å². The lowest BCUT2D eigenvalue weighted by molar-refractivity contribution is -0.137. The third-order valence-corrected chi connectivity index (χ3v) is 2.80. The molecule has 15 heavy (non-hydrogen) atoms. The number of carboxylic acid groups (broad SMARTS) is 1. The highest BCUT2D eigenvalue weighted by atomic mass is 16.4. The molecule has 1 amide bonds. The second-order valence-electron chi connectivity index (χ2n) is 4.75. The van der Waals surface area contributed by atoms with E-state index in [0.717, 1.165) is 0 Å². The van der Waals surface area contributed by atoms with E-state index in [-0.39, 0.29) is 18.9 Å². The third kappa shape index (κ3) is 3.87. The van der Waals surface area contributed by atoms with Gasteiger partial charge in [-0.15, -0.1) is 0 Å². The molecule has 0 atom stereocenters. The Hall–Kier alpha value is -1.10. The Balaban J connectivity index is 4.27. The quantitative estimate of drug-likeness (QED) is 0.618. The van der Waals surface area contributed by atoms with E-state index < -0.39 is 16.9 Å². The Kier molecular flexibility index (Phi) is 4.27. The highest BCUT2D eigenvalue weighted by Gasteiger charge is 2.40. The maximum absolute atomic E-state index is 11.7. The normalized spacial score (nSPS) is 12.3. The van der Waals surface area contributed by atoms with E-state index in [9.17, 15) is 9.59 Å². The van der Waals surface area contributed by atoms with Crippen molar-refractivity contribution in [1.82, 2.24) is 5.32 Å². The molecule has 0 aliphatic carbocycles. The number of amides is 1. The van der Waals surface area contributed by atoms with Crippen LogP contribution in [0.15, 0.2) is 0 Å². The standard InChI is InChI=1S/C10H20N2O3/c1-9(2,10(3,4)11)8(15)12-6-5-7(13)14/h5-6,11H2,1-4H3,(H,12,15)(H,13,14). The van der Waals surface area contributed by atoms with Crippen molar-refractivity contribution in [3.8, 4) is 0 Å². The van der Waals surface area contributed by atoms with Gasteiger partial charge in [-0.05, 0) is 27.7 Å². The summed E-state index contributed by atoms with van der Waals surface area (Å²) in [5.74, 6) is -1.16. The lowest BCUT2D eigenvalue weighted by atomic mass is 9.74. The predicted octanol–water partition coefficient (Wildman–Crippen LogP) is 0.341. The molecule has 5 heteroatoms. The summed E-state index contributed by atoms with van der Waals surface area (Å²) in [6.07, 6.45) is -0.0766. The largest absolute Gasteiger partial charge is 0.481 e. The first-order chi connectivity index (χ1) is 6.59. The van der Waals surface area contributed by atoms with Crippen LogP contribution in [0.4, 0.5) is 0 Å². The SMILES string of the molecule is CC(C)(N)C(C)(C)C(=O)NCCC(=O)O. The van der Waals surface area contributed by atoms with Gasteiger partial charge in [0.1, 0.15) is 0 Å². The highest BCUT2D eigenvalue weighted by molar-refractivity contribution is 5.83. The van der Waals surface area contributed by atoms with Crippen LogP contribution < -0.4 is 11.1 Å². The van der Waals surface area contributed by atoms with Gasteiger partial charge in [0.05, 0.1) is 11.8 Å². The molecule has 0 unspecified atom stereocenters. The molecule has 0 saturated carbocycles. The monoisotopic (exact) mass is 216 g/mol. The topological polar surface area (TPSA) is 92.4 Å². The molecule has 0 aromatic heterocycles. The van der Waals surface area contributed by atoms with E-state index in [1.807, 2.05) is 0 Å². The number of nitrogens with one attached hydrogen (secondary N) is 1. The van der Waals surface area contributed by atoms with Crippen LogP contribution in [0, 0.1) is 5.41 Å². The molecule has 0 fully saturated rings. The van der Waals surface area contributed by atoms with Crippen LogP contribution in [-0.4, -0.2) is 29.1 Å². The number of rotatable bonds is 5. The fourth-order valence-electron chi connectivity index (χ4n) is 0.797. The fraction of sp³-hybridized carbons (Fsp3) is 0.800. The van der Waals surface area contributed by atoms with Crippen LogP contribution in [0.2, 0.25) is 0 Å². The van der Waals surface area contributed by atoms with Crippen LogP contribution in [-0.2, 0) is 9.59 Å². The van der Waals surface area contributed by atoms with Crippen molar-refractivity contribution in [2.45, 2.75) is 39.7 Å². The summed E-state index contributed by atoms with van der Waals surface area (Å²) in [5.41, 5.74) is 4.49. The van der Waals surface area contributed by atoms with E-state index in [4.69, 9.17) is 10.8 Å². The van der Waals surface area contributed by atoms with Gasteiger partial charge < -0.3 is 16.2 Å². The summed E-state index contributed by atoms with van der Waals surface area (Å²) in [6, 6.07) is 0. The molecule has 5 nitrogen and oxygen atoms in total. The van der Waals surface area contributed by atoms with Gasteiger partial charge in [0.2, 0.25) is 5.91 Å². The fourth-order valence-corrected chi connectivity index (χ4v) is 0.797. The third-order valence-electron chi connectivity index (χ3n) is 2.80. The molecule has 0 aliphatic heterocycles. The first kappa shape index (κ1) is 13.9. The Morgan fingerprint density at radius 1 is 1.27 bits per heavy atom. The van der Waals surface area contributed by atoms with E-state index in [0.29, 0.717) is 0 Å². The molecule has 0 aliphatic rings. The molecule has 0 aromatic carbocycles. The number of hydrogen-bond acceptors (Lipinski definition) is 3. The van der Waals surface area contributed by atoms with Crippen molar-refractivity contribution in [2.24, 2.45) is 11.1 Å². The van der Waals surface area contributed by atoms with Gasteiger partial charge in [0.25, 0.3) is 0 Å². The zero-order valence-electron chi connectivity index (χ0n) is 9.76. The Labute approximate surface area is 90.0 Å². The van der Waals surface area contributed by atoms with E-state index >= 15 is 0 Å². The number of carbonyl (C=O) groups is 2. The van der Waals surface area contributed by atoms with Crippen molar-refractivity contribution in [1.29, 1.82) is 0 Å². The van der Waals surface area contributed by atoms with Gasteiger partial charge in [0, 0.05) is 12.1 Å². The Bertz CT molecular complexity index is 254. The summed E-state index contributed by atoms with van der Waals surface area (Å²) in [5, 5.41) is 11.0. The number of hydrogen-bond donors (Lipinski definition) is 3. The molecular formula is C10H20N2O3. The van der Waals surface area contributed by atoms with Gasteiger partial charge in [-0.1, -0.05) is 0 Å². The van der Waals surface area contributed by atoms with Crippen LogP contribution in [0.1, 0.15) is 34.1 Å². The maximum atomic E-state index is 11.7. The zero-order valence-corrected chi connectivity index (χ0v) is 9.76. The molecule has 0 rings (SSSR count). The second-order valence-corrected chi connectivity index (χ2v) is 4.75. The van der Waals surface area contributed by atoms with Gasteiger partial charge in [-0.2, -0.15) is 0 Å². The van der Waals surface area contributed by atoms with Gasteiger partial charge in [-0.3, -0.25) is 9.59 Å². The number of nitrogens with two attached hydrogens (primary N) is 1. The Morgan fingerprint density at radius 3 is 2.07 bits per heavy atom. The summed E-state index contributed by atoms with van der Waals surface area (Å²) in [6.45, 7) is 7.15. The van der Waals surface area contributed by atoms with Gasteiger partial charge in [0.15, 0.2) is 0 Å². The van der Waals surface area contributed by atoms with E-state index in [1.165, 1.54) is 0 Å². The van der Waals surface area contributed by atoms with Crippen molar-refractivity contribution in [3.63, 3.8) is 0 Å². The minimum Gasteiger partial charge on any atom is -0.481 e. The average molecular weight is 216 g/mol. The van der Waals surface area contributed by atoms with Crippen LogP contribution in [0.25, 0.3) is 0 Å². The van der Waals surface area contributed by atoms with Crippen LogP contribution in [0.5, 0.6) is 0 Å². The number of carbonyl (C=O) groups excluding carboxylic acids is 1. The molecule has 88 valence electrons. The maximum Gasteiger partial charge on any atom is 0.305 e. The first-order valence-electron chi connectivity index (χ1n) is 4.88. The second kappa shape index (κ2) is 4.61. The lowest BCUT2D eigenvalue weighted by Crippen LogP contribution is -2.55. The number of carboxylic acids is 1. The van der Waals surface area contributed by atoms with E-state index in [2.05, 4.69) is 5.32 Å². The molecule has 0 spiro atoms. The summed E-state index contributed by atoms with van der Waals surface area (Å²) in [4.78, 5) is 22.0. The van der Waals surface area contributed by atoms with Crippen molar-refractivity contribution in [2.75, 3.05) is 6.54 Å². The van der Waals surface area contributed by atoms with Crippen LogP contribution >= 0.6 is 0 Å². The van der Waals surface area contributed by atoms with Crippen molar-refractivity contribution in [3.05, 3.63) is 0 Å². The number of aliphatic carboxylic acids is 1. The minimum atomic E-state index is -0.930. The smallest absolute Gasteiger partial charge is 0.305 e. The lowest BCUT2D eigenvalue weighted by Gasteiger charge is -2.36. The van der Waals surface area contributed by atoms with Gasteiger partial charge >= 0.3 is 5.97 Å². The molecule has 0 heterocycles. The Morgan fingerprint density at radius 2 is 1.73 bits per heavy atom. The predicted molar refractivity (Wildman–Crippen MR) is 57.3 cm³/mol. The molecule has 4 N–H and O–H groups in total. The average Bonchev–Trinajstić information content (AvgIpc) is 2.01. The summed E-state index contributed by atoms with van der Waals surface area (Å²) < 4.78 is 0. The first-order valence-corrected chi connectivity index (χ1v) is 4.88. The van der Waals surface area contributed by atoms with Gasteiger partial charge in [-0.25, -0.2) is 0 Å². The molecule has 0 saturated heterocycles. The molecule has 0 radical (unpaired) electrons. The van der Waals surface area contributed by atoms with Crippen LogP contribution in [0.3, 0.4) is 0 Å². The summed E-state index contributed by atoms with van der Waals surface area (Å²) in [7, 11) is 0. The van der Waals surface area contributed by atoms with Crippen molar-refractivity contribution >= 4 is 11.9 Å². The molecule has 0 aromatic rings. The molecular weight excluding hydrogens is 196 g/mol. The molecule has 0 bridgehead atoms. The highest BCUT2D eigenvalue weighted by Crippen LogP contribution is 2.28. The zero-order chi connectivity index (χ0) is 12.3. The van der Waals surface area contributed by atoms with Crippen molar-refractivity contribution < 1.29 is 14.7 Å². The minimum absolute atomic E-state index is 0.0766. The summed E-state index contributed by atoms with van der Waals surface area (Å²) >= 11 is 0.